The Morgan fingerprint density at radius 3 is 2.64 bits per heavy atom. The van der Waals surface area contributed by atoms with Crippen LogP contribution in [0.15, 0.2) is 58.6 Å². The van der Waals surface area contributed by atoms with E-state index in [0.29, 0.717) is 32.7 Å². The third kappa shape index (κ3) is 5.32. The number of para-hydroxylation sites is 1. The summed E-state index contributed by atoms with van der Waals surface area (Å²) in [6, 6.07) is 12.5. The van der Waals surface area contributed by atoms with Crippen molar-refractivity contribution >= 4 is 47.2 Å². The van der Waals surface area contributed by atoms with Crippen molar-refractivity contribution in [1.82, 2.24) is 10.2 Å². The molecule has 9 nitrogen and oxygen atoms in total. The maximum absolute atomic E-state index is 13.0. The van der Waals surface area contributed by atoms with E-state index in [1.54, 1.807) is 36.4 Å². The number of nitrogens with zero attached hydrogens (tertiary/aromatic N) is 1. The first kappa shape index (κ1) is 25.2. The molecule has 0 spiro atoms. The second-order valence-corrected chi connectivity index (χ2v) is 8.38. The molecule has 1 fully saturated rings. The molecule has 0 atom stereocenters. The van der Waals surface area contributed by atoms with Crippen LogP contribution in [0.1, 0.15) is 27.4 Å². The normalized spacial score (nSPS) is 14.2. The van der Waals surface area contributed by atoms with Gasteiger partial charge in [-0.3, -0.25) is 9.69 Å². The van der Waals surface area contributed by atoms with Gasteiger partial charge in [0.1, 0.15) is 18.1 Å². The summed E-state index contributed by atoms with van der Waals surface area (Å²) in [5.41, 5.74) is 1.23. The van der Waals surface area contributed by atoms with Gasteiger partial charge in [-0.1, -0.05) is 41.4 Å². The number of esters is 1. The van der Waals surface area contributed by atoms with Crippen molar-refractivity contribution in [3.8, 4) is 11.5 Å². The molecule has 3 amide bonds. The van der Waals surface area contributed by atoms with Gasteiger partial charge in [-0.05, 0) is 36.4 Å². The van der Waals surface area contributed by atoms with Crippen LogP contribution in [0.5, 0.6) is 11.5 Å². The highest BCUT2D eigenvalue weighted by atomic mass is 35.5. The summed E-state index contributed by atoms with van der Waals surface area (Å²) < 4.78 is 21.4. The summed E-state index contributed by atoms with van der Waals surface area (Å²) in [5, 5.41) is 3.50. The van der Waals surface area contributed by atoms with Crippen LogP contribution >= 0.6 is 23.2 Å². The molecule has 2 aromatic carbocycles. The number of ether oxygens (including phenoxy) is 3. The van der Waals surface area contributed by atoms with Gasteiger partial charge >= 0.3 is 12.0 Å². The number of imide groups is 1. The van der Waals surface area contributed by atoms with Crippen LogP contribution in [0.3, 0.4) is 0 Å². The van der Waals surface area contributed by atoms with Gasteiger partial charge in [0.2, 0.25) is 5.76 Å². The number of carbonyl (C=O) groups is 3. The fraction of sp³-hybridized carbons (Fsp3) is 0.160. The highest BCUT2D eigenvalue weighted by Gasteiger charge is 2.34. The minimum atomic E-state index is -0.663. The number of rotatable bonds is 8. The maximum Gasteiger partial charge on any atom is 0.373 e. The van der Waals surface area contributed by atoms with Crippen LogP contribution in [0.25, 0.3) is 6.08 Å². The average molecular weight is 531 g/mol. The lowest BCUT2D eigenvalue weighted by molar-refractivity contribution is -0.123. The number of hydrogen-bond donors (Lipinski definition) is 1. The number of amides is 3. The Balaban J connectivity index is 1.56. The summed E-state index contributed by atoms with van der Waals surface area (Å²) in [7, 11) is 2.71. The molecule has 4 rings (SSSR count). The number of carbonyl (C=O) groups excluding carboxylic acids is 3. The van der Waals surface area contributed by atoms with Crippen LogP contribution < -0.4 is 14.8 Å². The highest BCUT2D eigenvalue weighted by Crippen LogP contribution is 2.34. The Morgan fingerprint density at radius 2 is 1.92 bits per heavy atom. The van der Waals surface area contributed by atoms with Crippen LogP contribution in [0.4, 0.5) is 4.79 Å². The SMILES string of the molecule is COC(=O)c1ccc(CN2C(=O)N/C(=C\c3cccc(OC)c3OCc3ccc(Cl)cc3Cl)C2=O)o1. The van der Waals surface area contributed by atoms with Crippen LogP contribution in [0.2, 0.25) is 10.0 Å². The number of urea groups is 1. The highest BCUT2D eigenvalue weighted by molar-refractivity contribution is 6.35. The molecule has 2 heterocycles. The second kappa shape index (κ2) is 10.8. The molecule has 1 saturated heterocycles. The molecule has 0 saturated carbocycles. The van der Waals surface area contributed by atoms with Crippen LogP contribution in [-0.2, 0) is 22.7 Å². The summed E-state index contributed by atoms with van der Waals surface area (Å²) in [5.74, 6) is -0.253. The van der Waals surface area contributed by atoms with Gasteiger partial charge in [-0.2, -0.15) is 0 Å². The first-order chi connectivity index (χ1) is 17.3. The zero-order chi connectivity index (χ0) is 25.8. The van der Waals surface area contributed by atoms with E-state index in [1.165, 1.54) is 32.4 Å². The Labute approximate surface area is 216 Å². The summed E-state index contributed by atoms with van der Waals surface area (Å²) in [4.78, 5) is 38.0. The number of benzene rings is 2. The monoisotopic (exact) mass is 530 g/mol. The number of furan rings is 1. The average Bonchev–Trinajstić information content (AvgIpc) is 3.44. The van der Waals surface area contributed by atoms with E-state index < -0.39 is 17.9 Å². The molecular weight excluding hydrogens is 511 g/mol. The second-order valence-electron chi connectivity index (χ2n) is 7.54. The molecule has 1 aliphatic heterocycles. The van der Waals surface area contributed by atoms with E-state index >= 15 is 0 Å². The smallest absolute Gasteiger partial charge is 0.373 e. The van der Waals surface area contributed by atoms with Crippen molar-refractivity contribution in [2.45, 2.75) is 13.2 Å². The number of halogens is 2. The molecule has 0 aliphatic carbocycles. The van der Waals surface area contributed by atoms with Gasteiger partial charge in [0.25, 0.3) is 5.91 Å². The Hall–Kier alpha value is -3.95. The van der Waals surface area contributed by atoms with E-state index in [1.807, 2.05) is 0 Å². The van der Waals surface area contributed by atoms with Crippen LogP contribution in [0, 0.1) is 0 Å². The topological polar surface area (TPSA) is 107 Å². The predicted molar refractivity (Wildman–Crippen MR) is 131 cm³/mol. The number of nitrogens with one attached hydrogen (secondary N) is 1. The molecule has 186 valence electrons. The van der Waals surface area contributed by atoms with Gasteiger partial charge < -0.3 is 23.9 Å². The summed E-state index contributed by atoms with van der Waals surface area (Å²) >= 11 is 12.2. The van der Waals surface area contributed by atoms with Crippen molar-refractivity contribution in [1.29, 1.82) is 0 Å². The molecular formula is C25H20Cl2N2O7. The molecule has 0 bridgehead atoms. The zero-order valence-electron chi connectivity index (χ0n) is 19.2. The minimum absolute atomic E-state index is 0.0300. The molecule has 1 aliphatic rings. The lowest BCUT2D eigenvalue weighted by Crippen LogP contribution is -2.30. The summed E-state index contributed by atoms with van der Waals surface area (Å²) in [6.07, 6.45) is 1.49. The zero-order valence-corrected chi connectivity index (χ0v) is 20.7. The minimum Gasteiger partial charge on any atom is -0.493 e. The summed E-state index contributed by atoms with van der Waals surface area (Å²) in [6.45, 7) is -0.0600. The quantitative estimate of drug-likeness (QED) is 0.246. The van der Waals surface area contributed by atoms with E-state index in [0.717, 1.165) is 4.90 Å². The maximum atomic E-state index is 13.0. The number of methoxy groups -OCH3 is 2. The third-order valence-electron chi connectivity index (χ3n) is 5.24. The van der Waals surface area contributed by atoms with E-state index in [-0.39, 0.29) is 30.4 Å². The molecule has 1 aromatic heterocycles. The third-order valence-corrected chi connectivity index (χ3v) is 5.83. The van der Waals surface area contributed by atoms with Gasteiger partial charge in [0.05, 0.1) is 20.8 Å². The van der Waals surface area contributed by atoms with Crippen molar-refractivity contribution in [3.63, 3.8) is 0 Å². The van der Waals surface area contributed by atoms with E-state index in [4.69, 9.17) is 37.1 Å². The largest absolute Gasteiger partial charge is 0.493 e. The standard InChI is InChI=1S/C25H20Cl2N2O7/c1-33-20-5-3-4-14(22(20)35-13-15-6-7-16(26)11-18(15)27)10-19-23(30)29(25(32)28-19)12-17-8-9-21(36-17)24(31)34-2/h3-11H,12-13H2,1-2H3,(H,28,32)/b19-10-. The molecule has 36 heavy (non-hydrogen) atoms. The fourth-order valence-corrected chi connectivity index (χ4v) is 3.91. The molecule has 3 aromatic rings. The first-order valence-electron chi connectivity index (χ1n) is 10.6. The van der Waals surface area contributed by atoms with Crippen LogP contribution in [-0.4, -0.2) is 37.0 Å². The predicted octanol–water partition coefficient (Wildman–Crippen LogP) is 5.05. The lowest BCUT2D eigenvalue weighted by Gasteiger charge is -2.14. The van der Waals surface area contributed by atoms with Gasteiger partial charge in [-0.25, -0.2) is 9.59 Å². The Bertz CT molecular complexity index is 1370. The van der Waals surface area contributed by atoms with Gasteiger partial charge in [0, 0.05) is 21.2 Å². The van der Waals surface area contributed by atoms with E-state index in [9.17, 15) is 14.4 Å². The van der Waals surface area contributed by atoms with Crippen molar-refractivity contribution in [2.75, 3.05) is 14.2 Å². The van der Waals surface area contributed by atoms with Crippen molar-refractivity contribution < 1.29 is 33.0 Å². The molecule has 0 radical (unpaired) electrons. The van der Waals surface area contributed by atoms with Crippen molar-refractivity contribution in [3.05, 3.63) is 86.9 Å². The molecule has 0 unspecified atom stereocenters. The first-order valence-corrected chi connectivity index (χ1v) is 11.3. The number of hydrogen-bond acceptors (Lipinski definition) is 7. The Morgan fingerprint density at radius 1 is 1.11 bits per heavy atom. The molecule has 1 N–H and O–H groups in total. The van der Waals surface area contributed by atoms with E-state index in [2.05, 4.69) is 10.1 Å². The van der Waals surface area contributed by atoms with Gasteiger partial charge in [-0.15, -0.1) is 0 Å². The molecule has 11 heteroatoms. The van der Waals surface area contributed by atoms with Gasteiger partial charge in [0.15, 0.2) is 11.5 Å². The fourth-order valence-electron chi connectivity index (χ4n) is 3.45. The lowest BCUT2D eigenvalue weighted by atomic mass is 10.1. The van der Waals surface area contributed by atoms with Crippen molar-refractivity contribution in [2.24, 2.45) is 0 Å². The Kier molecular flexibility index (Phi) is 7.52.